The van der Waals surface area contributed by atoms with Gasteiger partial charge in [-0.05, 0) is 37.4 Å². The molecular weight excluding hydrogens is 266 g/mol. The van der Waals surface area contributed by atoms with Crippen molar-refractivity contribution in [3.8, 4) is 0 Å². The fraction of sp³-hybridized carbons (Fsp3) is 0.688. The summed E-state index contributed by atoms with van der Waals surface area (Å²) in [4.78, 5) is 6.85. The van der Waals surface area contributed by atoms with Crippen LogP contribution in [0.1, 0.15) is 18.4 Å². The maximum absolute atomic E-state index is 5.70. The zero-order chi connectivity index (χ0) is 14.3. The molecule has 0 saturated carbocycles. The smallest absolute Gasteiger partial charge is 0.0812 e. The largest absolute Gasteiger partial charge is 0.376 e. The molecule has 2 fully saturated rings. The molecule has 1 unspecified atom stereocenters. The average molecular weight is 291 g/mol. The summed E-state index contributed by atoms with van der Waals surface area (Å²) >= 11 is 0. The van der Waals surface area contributed by atoms with Crippen LogP contribution >= 0.6 is 0 Å². The molecule has 5 heteroatoms. The highest BCUT2D eigenvalue weighted by atomic mass is 16.6. The van der Waals surface area contributed by atoms with Crippen molar-refractivity contribution in [3.63, 3.8) is 0 Å². The summed E-state index contributed by atoms with van der Waals surface area (Å²) in [5.41, 5.74) is 2.54. The minimum Gasteiger partial charge on any atom is -0.376 e. The van der Waals surface area contributed by atoms with Gasteiger partial charge in [-0.15, -0.1) is 0 Å². The Kier molecular flexibility index (Phi) is 5.43. The second-order valence-electron chi connectivity index (χ2n) is 5.75. The lowest BCUT2D eigenvalue weighted by Crippen LogP contribution is -2.29. The zero-order valence-corrected chi connectivity index (χ0v) is 12.6. The molecule has 0 amide bonds. The standard InChI is InChI=1S/C16H25N3O2/c1-4-17-5-7-19(6-1)15-10-14(11-18-12-15)2-3-16-13-20-8-9-21-16/h10-12,16-17H,1-9,13H2. The van der Waals surface area contributed by atoms with Gasteiger partial charge in [0.05, 0.1) is 37.8 Å². The summed E-state index contributed by atoms with van der Waals surface area (Å²) in [5, 5.41) is 3.44. The minimum atomic E-state index is 0.241. The van der Waals surface area contributed by atoms with Gasteiger partial charge in [0.2, 0.25) is 0 Å². The molecule has 2 aliphatic rings. The molecule has 1 N–H and O–H groups in total. The molecule has 1 atom stereocenters. The maximum Gasteiger partial charge on any atom is 0.0812 e. The number of aryl methyl sites for hydroxylation is 1. The first-order chi connectivity index (χ1) is 10.4. The van der Waals surface area contributed by atoms with E-state index in [0.29, 0.717) is 0 Å². The molecule has 0 bridgehead atoms. The van der Waals surface area contributed by atoms with Crippen LogP contribution in [0.15, 0.2) is 18.5 Å². The topological polar surface area (TPSA) is 46.6 Å². The first-order valence-electron chi connectivity index (χ1n) is 8.01. The molecule has 3 heterocycles. The van der Waals surface area contributed by atoms with Crippen molar-refractivity contribution in [3.05, 3.63) is 24.0 Å². The predicted octanol–water partition coefficient (Wildman–Crippen LogP) is 1.23. The van der Waals surface area contributed by atoms with E-state index in [2.05, 4.69) is 21.3 Å². The van der Waals surface area contributed by atoms with Gasteiger partial charge >= 0.3 is 0 Å². The second-order valence-corrected chi connectivity index (χ2v) is 5.75. The van der Waals surface area contributed by atoms with Gasteiger partial charge in [0.25, 0.3) is 0 Å². The number of anilines is 1. The second kappa shape index (κ2) is 7.73. The van der Waals surface area contributed by atoms with Gasteiger partial charge in [0, 0.05) is 25.8 Å². The van der Waals surface area contributed by atoms with E-state index in [1.807, 2.05) is 12.4 Å². The van der Waals surface area contributed by atoms with Crippen LogP contribution in [0.5, 0.6) is 0 Å². The predicted molar refractivity (Wildman–Crippen MR) is 82.8 cm³/mol. The van der Waals surface area contributed by atoms with Gasteiger partial charge in [-0.3, -0.25) is 4.98 Å². The Hall–Kier alpha value is -1.17. The molecule has 5 nitrogen and oxygen atoms in total. The van der Waals surface area contributed by atoms with E-state index in [0.717, 1.165) is 58.8 Å². The van der Waals surface area contributed by atoms with Gasteiger partial charge in [-0.1, -0.05) is 0 Å². The van der Waals surface area contributed by atoms with Crippen LogP contribution in [0.4, 0.5) is 5.69 Å². The van der Waals surface area contributed by atoms with Crippen molar-refractivity contribution < 1.29 is 9.47 Å². The van der Waals surface area contributed by atoms with E-state index in [9.17, 15) is 0 Å². The number of rotatable bonds is 4. The number of nitrogens with one attached hydrogen (secondary N) is 1. The van der Waals surface area contributed by atoms with Gasteiger partial charge in [-0.25, -0.2) is 0 Å². The lowest BCUT2D eigenvalue weighted by atomic mass is 10.1. The molecule has 2 saturated heterocycles. The van der Waals surface area contributed by atoms with E-state index >= 15 is 0 Å². The molecule has 2 aliphatic heterocycles. The van der Waals surface area contributed by atoms with Crippen LogP contribution in [-0.2, 0) is 15.9 Å². The fourth-order valence-electron chi connectivity index (χ4n) is 2.92. The number of pyridine rings is 1. The monoisotopic (exact) mass is 291 g/mol. The maximum atomic E-state index is 5.70. The van der Waals surface area contributed by atoms with Crippen LogP contribution in [0.3, 0.4) is 0 Å². The van der Waals surface area contributed by atoms with Gasteiger partial charge in [-0.2, -0.15) is 0 Å². The number of hydrogen-bond donors (Lipinski definition) is 1. The molecule has 21 heavy (non-hydrogen) atoms. The van der Waals surface area contributed by atoms with Gasteiger partial charge < -0.3 is 19.7 Å². The van der Waals surface area contributed by atoms with Crippen molar-refractivity contribution in [1.29, 1.82) is 0 Å². The molecule has 1 aromatic rings. The third kappa shape index (κ3) is 4.40. The van der Waals surface area contributed by atoms with Crippen LogP contribution < -0.4 is 10.2 Å². The summed E-state index contributed by atoms with van der Waals surface area (Å²) < 4.78 is 11.1. The van der Waals surface area contributed by atoms with Crippen molar-refractivity contribution in [2.75, 3.05) is 50.9 Å². The highest BCUT2D eigenvalue weighted by Gasteiger charge is 2.15. The first-order valence-corrected chi connectivity index (χ1v) is 8.01. The number of aromatic nitrogens is 1. The fourth-order valence-corrected chi connectivity index (χ4v) is 2.92. The van der Waals surface area contributed by atoms with E-state index in [1.54, 1.807) is 0 Å². The van der Waals surface area contributed by atoms with Gasteiger partial charge in [0.15, 0.2) is 0 Å². The van der Waals surface area contributed by atoms with Crippen LogP contribution in [0.25, 0.3) is 0 Å². The Labute approximate surface area is 126 Å². The molecule has 0 radical (unpaired) electrons. The molecule has 0 aliphatic carbocycles. The van der Waals surface area contributed by atoms with E-state index < -0.39 is 0 Å². The van der Waals surface area contributed by atoms with Gasteiger partial charge in [0.1, 0.15) is 0 Å². The highest BCUT2D eigenvalue weighted by Crippen LogP contribution is 2.18. The lowest BCUT2D eigenvalue weighted by molar-refractivity contribution is -0.0903. The highest BCUT2D eigenvalue weighted by molar-refractivity contribution is 5.46. The summed E-state index contributed by atoms with van der Waals surface area (Å²) in [6, 6.07) is 2.28. The van der Waals surface area contributed by atoms with Crippen molar-refractivity contribution >= 4 is 5.69 Å². The molecule has 0 aromatic carbocycles. The van der Waals surface area contributed by atoms with Crippen LogP contribution in [0, 0.1) is 0 Å². The van der Waals surface area contributed by atoms with Crippen molar-refractivity contribution in [2.45, 2.75) is 25.4 Å². The Balaban J connectivity index is 1.56. The molecular formula is C16H25N3O2. The van der Waals surface area contributed by atoms with E-state index in [1.165, 1.54) is 17.7 Å². The Morgan fingerprint density at radius 3 is 3.14 bits per heavy atom. The number of ether oxygens (including phenoxy) is 2. The quantitative estimate of drug-likeness (QED) is 0.904. The molecule has 3 rings (SSSR count). The normalized spacial score (nSPS) is 23.8. The van der Waals surface area contributed by atoms with Crippen LogP contribution in [0.2, 0.25) is 0 Å². The SMILES string of the molecule is c1ncc(N2CCCNCC2)cc1CCC1COCCO1. The Bertz CT molecular complexity index is 427. The first kappa shape index (κ1) is 14.8. The van der Waals surface area contributed by atoms with Crippen LogP contribution in [-0.4, -0.2) is 57.1 Å². The zero-order valence-electron chi connectivity index (χ0n) is 12.6. The molecule has 0 spiro atoms. The average Bonchev–Trinajstić information content (AvgIpc) is 2.83. The Morgan fingerprint density at radius 1 is 1.24 bits per heavy atom. The number of hydrogen-bond acceptors (Lipinski definition) is 5. The summed E-state index contributed by atoms with van der Waals surface area (Å²) in [5.74, 6) is 0. The number of nitrogens with zero attached hydrogens (tertiary/aromatic N) is 2. The third-order valence-electron chi connectivity index (χ3n) is 4.13. The minimum absolute atomic E-state index is 0.241. The van der Waals surface area contributed by atoms with Crippen molar-refractivity contribution in [2.24, 2.45) is 0 Å². The lowest BCUT2D eigenvalue weighted by Gasteiger charge is -2.24. The third-order valence-corrected chi connectivity index (χ3v) is 4.13. The Morgan fingerprint density at radius 2 is 2.24 bits per heavy atom. The van der Waals surface area contributed by atoms with E-state index in [4.69, 9.17) is 9.47 Å². The van der Waals surface area contributed by atoms with E-state index in [-0.39, 0.29) is 6.10 Å². The summed E-state index contributed by atoms with van der Waals surface area (Å²) in [6.45, 7) is 6.52. The summed E-state index contributed by atoms with van der Waals surface area (Å²) in [6.07, 6.45) is 7.40. The molecule has 116 valence electrons. The summed E-state index contributed by atoms with van der Waals surface area (Å²) in [7, 11) is 0. The van der Waals surface area contributed by atoms with Crippen molar-refractivity contribution in [1.82, 2.24) is 10.3 Å². The molecule has 1 aromatic heterocycles.